The molecule has 1 aliphatic rings. The number of rotatable bonds is 7. The summed E-state index contributed by atoms with van der Waals surface area (Å²) >= 11 is 0. The van der Waals surface area contributed by atoms with Gasteiger partial charge in [0, 0.05) is 19.1 Å². The van der Waals surface area contributed by atoms with Crippen LogP contribution >= 0.6 is 0 Å². The first kappa shape index (κ1) is 18.0. The molecule has 3 heteroatoms. The topological polar surface area (TPSA) is 32.3 Å². The summed E-state index contributed by atoms with van der Waals surface area (Å²) in [6.07, 6.45) is 6.84. The molecule has 23 heavy (non-hydrogen) atoms. The van der Waals surface area contributed by atoms with Gasteiger partial charge in [0.1, 0.15) is 0 Å². The first-order valence-electron chi connectivity index (χ1n) is 9.17. The molecule has 3 nitrogen and oxygen atoms in total. The molecule has 1 aromatic rings. The summed E-state index contributed by atoms with van der Waals surface area (Å²) in [4.78, 5) is 14.7. The van der Waals surface area contributed by atoms with Crippen LogP contribution in [0.15, 0.2) is 18.2 Å². The van der Waals surface area contributed by atoms with Crippen LogP contribution in [-0.4, -0.2) is 36.5 Å². The fraction of sp³-hybridized carbons (Fsp3) is 0.650. The second-order valence-electron chi connectivity index (χ2n) is 6.90. The van der Waals surface area contributed by atoms with Crippen molar-refractivity contribution in [3.8, 4) is 0 Å². The maximum atomic E-state index is 12.1. The van der Waals surface area contributed by atoms with Crippen LogP contribution in [0.2, 0.25) is 0 Å². The van der Waals surface area contributed by atoms with Gasteiger partial charge in [-0.05, 0) is 57.2 Å². The predicted molar refractivity (Wildman–Crippen MR) is 96.7 cm³/mol. The minimum atomic E-state index is 0.141. The lowest BCUT2D eigenvalue weighted by molar-refractivity contribution is -0.120. The van der Waals surface area contributed by atoms with Crippen LogP contribution in [-0.2, 0) is 11.2 Å². The lowest BCUT2D eigenvalue weighted by atomic mass is 10.00. The minimum absolute atomic E-state index is 0.141. The third kappa shape index (κ3) is 5.65. The molecule has 1 atom stereocenters. The van der Waals surface area contributed by atoms with Crippen molar-refractivity contribution in [2.75, 3.05) is 19.6 Å². The molecule has 1 saturated heterocycles. The number of likely N-dealkylation sites (tertiary alicyclic amines) is 1. The molecule has 0 radical (unpaired) electrons. The van der Waals surface area contributed by atoms with Gasteiger partial charge >= 0.3 is 0 Å². The number of hydrogen-bond acceptors (Lipinski definition) is 2. The fourth-order valence-corrected chi connectivity index (χ4v) is 3.61. The van der Waals surface area contributed by atoms with Crippen molar-refractivity contribution in [3.05, 3.63) is 34.9 Å². The quantitative estimate of drug-likeness (QED) is 0.779. The molecule has 1 aliphatic heterocycles. The van der Waals surface area contributed by atoms with E-state index in [4.69, 9.17) is 0 Å². The van der Waals surface area contributed by atoms with E-state index in [-0.39, 0.29) is 5.91 Å². The maximum absolute atomic E-state index is 12.1. The van der Waals surface area contributed by atoms with Crippen LogP contribution < -0.4 is 5.32 Å². The van der Waals surface area contributed by atoms with Crippen LogP contribution in [0.1, 0.15) is 55.7 Å². The van der Waals surface area contributed by atoms with E-state index in [1.807, 2.05) is 0 Å². The summed E-state index contributed by atoms with van der Waals surface area (Å²) in [7, 11) is 0. The van der Waals surface area contributed by atoms with Gasteiger partial charge < -0.3 is 10.2 Å². The number of benzene rings is 1. The van der Waals surface area contributed by atoms with E-state index in [0.717, 1.165) is 31.1 Å². The minimum Gasteiger partial charge on any atom is -0.356 e. The van der Waals surface area contributed by atoms with E-state index in [1.165, 1.54) is 43.4 Å². The van der Waals surface area contributed by atoms with Crippen LogP contribution in [0.4, 0.5) is 0 Å². The molecule has 0 bridgehead atoms. The Hall–Kier alpha value is -1.35. The van der Waals surface area contributed by atoms with Gasteiger partial charge in [-0.1, -0.05) is 37.1 Å². The molecule has 1 fully saturated rings. The Morgan fingerprint density at radius 1 is 1.30 bits per heavy atom. The average Bonchev–Trinajstić information content (AvgIpc) is 2.54. The number of piperidine rings is 1. The lowest BCUT2D eigenvalue weighted by Gasteiger charge is -2.35. The number of nitrogens with zero attached hydrogens (tertiary/aromatic N) is 1. The zero-order valence-corrected chi connectivity index (χ0v) is 15.0. The number of carbonyl (C=O) groups excluding carboxylic acids is 1. The highest BCUT2D eigenvalue weighted by atomic mass is 16.1. The number of carbonyl (C=O) groups is 1. The van der Waals surface area contributed by atoms with E-state index >= 15 is 0 Å². The number of aryl methyl sites for hydroxylation is 2. The molecule has 0 aromatic heterocycles. The molecular formula is C20H32N2O. The Bertz CT molecular complexity index is 512. The fourth-order valence-electron chi connectivity index (χ4n) is 3.61. The smallest absolute Gasteiger partial charge is 0.224 e. The number of hydrogen-bond donors (Lipinski definition) is 1. The lowest BCUT2D eigenvalue weighted by Crippen LogP contribution is -2.40. The van der Waals surface area contributed by atoms with Crippen LogP contribution in [0.5, 0.6) is 0 Å². The van der Waals surface area contributed by atoms with Gasteiger partial charge in [-0.3, -0.25) is 4.79 Å². The number of nitrogens with one attached hydrogen (secondary N) is 1. The Labute approximate surface area is 141 Å². The van der Waals surface area contributed by atoms with Crippen molar-refractivity contribution in [2.24, 2.45) is 0 Å². The Morgan fingerprint density at radius 2 is 2.13 bits per heavy atom. The molecular weight excluding hydrogens is 284 g/mol. The summed E-state index contributed by atoms with van der Waals surface area (Å²) in [6, 6.07) is 7.06. The predicted octanol–water partition coefficient (Wildman–Crippen LogP) is 3.62. The molecule has 0 aliphatic carbocycles. The van der Waals surface area contributed by atoms with Crippen molar-refractivity contribution in [3.63, 3.8) is 0 Å². The van der Waals surface area contributed by atoms with Crippen LogP contribution in [0.3, 0.4) is 0 Å². The van der Waals surface area contributed by atoms with Gasteiger partial charge in [0.2, 0.25) is 5.91 Å². The molecule has 2 rings (SSSR count). The standard InChI is InChI=1S/C20H32N2O/c1-4-19-8-5-6-12-22(19)13-7-11-21-20(23)15-18-10-9-16(2)14-17(18)3/h9-10,14,19H,4-8,11-13,15H2,1-3H3,(H,21,23)/t19-/m0/s1. The summed E-state index contributed by atoms with van der Waals surface area (Å²) in [5.41, 5.74) is 3.59. The monoisotopic (exact) mass is 316 g/mol. The van der Waals surface area contributed by atoms with Gasteiger partial charge in [-0.15, -0.1) is 0 Å². The van der Waals surface area contributed by atoms with E-state index in [1.54, 1.807) is 0 Å². The third-order valence-electron chi connectivity index (χ3n) is 5.01. The summed E-state index contributed by atoms with van der Waals surface area (Å²) in [5, 5.41) is 3.08. The zero-order chi connectivity index (χ0) is 16.7. The Kier molecular flexibility index (Phi) is 7.10. The van der Waals surface area contributed by atoms with Gasteiger partial charge in [0.15, 0.2) is 0 Å². The highest BCUT2D eigenvalue weighted by molar-refractivity contribution is 5.78. The van der Waals surface area contributed by atoms with Crippen molar-refractivity contribution in [1.29, 1.82) is 0 Å². The largest absolute Gasteiger partial charge is 0.356 e. The molecule has 1 amide bonds. The highest BCUT2D eigenvalue weighted by Gasteiger charge is 2.19. The van der Waals surface area contributed by atoms with E-state index < -0.39 is 0 Å². The van der Waals surface area contributed by atoms with Gasteiger partial charge in [0.25, 0.3) is 0 Å². The first-order valence-corrected chi connectivity index (χ1v) is 9.17. The number of amides is 1. The van der Waals surface area contributed by atoms with Crippen molar-refractivity contribution >= 4 is 5.91 Å². The molecule has 0 unspecified atom stereocenters. The van der Waals surface area contributed by atoms with Crippen LogP contribution in [0.25, 0.3) is 0 Å². The maximum Gasteiger partial charge on any atom is 0.224 e. The van der Waals surface area contributed by atoms with Gasteiger partial charge in [-0.2, -0.15) is 0 Å². The van der Waals surface area contributed by atoms with Gasteiger partial charge in [0.05, 0.1) is 6.42 Å². The molecule has 128 valence electrons. The Morgan fingerprint density at radius 3 is 2.87 bits per heavy atom. The second-order valence-corrected chi connectivity index (χ2v) is 6.90. The average molecular weight is 316 g/mol. The summed E-state index contributed by atoms with van der Waals surface area (Å²) < 4.78 is 0. The van der Waals surface area contributed by atoms with Crippen molar-refractivity contribution < 1.29 is 4.79 Å². The van der Waals surface area contributed by atoms with Crippen molar-refractivity contribution in [2.45, 2.75) is 65.3 Å². The summed E-state index contributed by atoms with van der Waals surface area (Å²) in [5.74, 6) is 0.141. The van der Waals surface area contributed by atoms with Gasteiger partial charge in [-0.25, -0.2) is 0 Å². The highest BCUT2D eigenvalue weighted by Crippen LogP contribution is 2.19. The second kappa shape index (κ2) is 9.07. The molecule has 1 aromatic carbocycles. The van der Waals surface area contributed by atoms with E-state index in [2.05, 4.69) is 49.2 Å². The van der Waals surface area contributed by atoms with Crippen LogP contribution in [0, 0.1) is 13.8 Å². The van der Waals surface area contributed by atoms with E-state index in [0.29, 0.717) is 6.42 Å². The molecule has 1 heterocycles. The molecule has 0 saturated carbocycles. The van der Waals surface area contributed by atoms with E-state index in [9.17, 15) is 4.79 Å². The summed E-state index contributed by atoms with van der Waals surface area (Å²) in [6.45, 7) is 9.58. The third-order valence-corrected chi connectivity index (χ3v) is 5.01. The first-order chi connectivity index (χ1) is 11.1. The normalized spacial score (nSPS) is 18.8. The zero-order valence-electron chi connectivity index (χ0n) is 15.0. The molecule has 0 spiro atoms. The Balaban J connectivity index is 1.68. The SMILES string of the molecule is CC[C@H]1CCCCN1CCCNC(=O)Cc1ccc(C)cc1C. The molecule has 1 N–H and O–H groups in total. The van der Waals surface area contributed by atoms with Crippen molar-refractivity contribution in [1.82, 2.24) is 10.2 Å².